The molecule has 1 aliphatic heterocycles. The van der Waals surface area contributed by atoms with Crippen LogP contribution in [0.5, 0.6) is 0 Å². The highest BCUT2D eigenvalue weighted by molar-refractivity contribution is 6.30. The summed E-state index contributed by atoms with van der Waals surface area (Å²) in [5.41, 5.74) is 1.01. The smallest absolute Gasteiger partial charge is 0.317 e. The van der Waals surface area contributed by atoms with Crippen LogP contribution in [0, 0.1) is 0 Å². The molecule has 1 aromatic rings. The quantitative estimate of drug-likeness (QED) is 0.722. The van der Waals surface area contributed by atoms with Gasteiger partial charge < -0.3 is 10.4 Å². The number of halogens is 1. The van der Waals surface area contributed by atoms with Crippen molar-refractivity contribution in [3.05, 3.63) is 34.9 Å². The highest BCUT2D eigenvalue weighted by Gasteiger charge is 2.29. The number of hydrogen-bond donors (Lipinski definition) is 2. The summed E-state index contributed by atoms with van der Waals surface area (Å²) in [6.07, 6.45) is 1.77. The van der Waals surface area contributed by atoms with Crippen LogP contribution in [-0.2, 0) is 16.1 Å². The fourth-order valence-electron chi connectivity index (χ4n) is 3.42. The SMILES string of the molecule is CCN(CC(=O)O)C1CCN(C(C)C(=O)NCc2ccc(Cl)cc2)CC1. The monoisotopic (exact) mass is 381 g/mol. The number of nitrogens with one attached hydrogen (secondary N) is 1. The zero-order chi connectivity index (χ0) is 19.1. The Morgan fingerprint density at radius 3 is 2.46 bits per heavy atom. The van der Waals surface area contributed by atoms with Gasteiger partial charge in [0.05, 0.1) is 12.6 Å². The van der Waals surface area contributed by atoms with Crippen LogP contribution in [0.25, 0.3) is 0 Å². The summed E-state index contributed by atoms with van der Waals surface area (Å²) in [5.74, 6) is -0.777. The Morgan fingerprint density at radius 1 is 1.31 bits per heavy atom. The van der Waals surface area contributed by atoms with Crippen molar-refractivity contribution in [1.29, 1.82) is 0 Å². The van der Waals surface area contributed by atoms with Gasteiger partial charge in [-0.15, -0.1) is 0 Å². The van der Waals surface area contributed by atoms with Crippen LogP contribution in [0.2, 0.25) is 5.02 Å². The van der Waals surface area contributed by atoms with Crippen LogP contribution in [-0.4, -0.2) is 65.0 Å². The van der Waals surface area contributed by atoms with Crippen molar-refractivity contribution in [2.45, 2.75) is 45.3 Å². The lowest BCUT2D eigenvalue weighted by Crippen LogP contribution is -2.52. The highest BCUT2D eigenvalue weighted by Crippen LogP contribution is 2.18. The second-order valence-electron chi connectivity index (χ2n) is 6.74. The fraction of sp³-hybridized carbons (Fsp3) is 0.579. The number of carboxylic acid groups (broad SMARTS) is 1. The Kier molecular flexibility index (Phi) is 7.87. The molecule has 0 bridgehead atoms. The summed E-state index contributed by atoms with van der Waals surface area (Å²) < 4.78 is 0. The molecule has 1 heterocycles. The van der Waals surface area contributed by atoms with Crippen molar-refractivity contribution in [3.63, 3.8) is 0 Å². The molecule has 1 aliphatic rings. The van der Waals surface area contributed by atoms with Gasteiger partial charge in [0.2, 0.25) is 5.91 Å². The van der Waals surface area contributed by atoms with Gasteiger partial charge in [-0.1, -0.05) is 30.7 Å². The van der Waals surface area contributed by atoms with E-state index in [2.05, 4.69) is 10.2 Å². The first kappa shape index (κ1) is 20.7. The summed E-state index contributed by atoms with van der Waals surface area (Å²) in [7, 11) is 0. The van der Waals surface area contributed by atoms with Gasteiger partial charge in [-0.05, 0) is 44.0 Å². The molecule has 1 amide bonds. The number of likely N-dealkylation sites (tertiary alicyclic amines) is 1. The minimum absolute atomic E-state index is 0.0104. The molecule has 7 heteroatoms. The standard InChI is InChI=1S/C19H28ClN3O3/c1-3-22(13-18(24)25)17-8-10-23(11-9-17)14(2)19(26)21-12-15-4-6-16(20)7-5-15/h4-7,14,17H,3,8-13H2,1-2H3,(H,21,26)(H,24,25). The summed E-state index contributed by atoms with van der Waals surface area (Å²) in [5, 5.41) is 12.7. The summed E-state index contributed by atoms with van der Waals surface area (Å²) in [6.45, 7) is 6.81. The molecule has 6 nitrogen and oxygen atoms in total. The lowest BCUT2D eigenvalue weighted by molar-refractivity contribution is -0.139. The van der Waals surface area contributed by atoms with E-state index in [0.717, 1.165) is 38.0 Å². The van der Waals surface area contributed by atoms with E-state index in [-0.39, 0.29) is 24.5 Å². The third-order valence-electron chi connectivity index (χ3n) is 5.07. The molecular weight excluding hydrogens is 354 g/mol. The van der Waals surface area contributed by atoms with Gasteiger partial charge in [0, 0.05) is 30.7 Å². The number of piperidine rings is 1. The van der Waals surface area contributed by atoms with E-state index in [0.29, 0.717) is 11.6 Å². The Hall–Kier alpha value is -1.63. The molecule has 1 fully saturated rings. The third-order valence-corrected chi connectivity index (χ3v) is 5.32. The molecule has 0 saturated carbocycles. The highest BCUT2D eigenvalue weighted by atomic mass is 35.5. The molecule has 2 N–H and O–H groups in total. The predicted molar refractivity (Wildman–Crippen MR) is 102 cm³/mol. The van der Waals surface area contributed by atoms with Crippen LogP contribution < -0.4 is 5.32 Å². The number of likely N-dealkylation sites (N-methyl/N-ethyl adjacent to an activating group) is 1. The van der Waals surface area contributed by atoms with Crippen LogP contribution in [0.15, 0.2) is 24.3 Å². The number of amides is 1. The van der Waals surface area contributed by atoms with Crippen molar-refractivity contribution >= 4 is 23.5 Å². The van der Waals surface area contributed by atoms with E-state index in [1.807, 2.05) is 43.0 Å². The van der Waals surface area contributed by atoms with Crippen LogP contribution in [0.1, 0.15) is 32.3 Å². The van der Waals surface area contributed by atoms with Gasteiger partial charge in [0.15, 0.2) is 0 Å². The minimum atomic E-state index is -0.788. The second-order valence-corrected chi connectivity index (χ2v) is 7.18. The summed E-state index contributed by atoms with van der Waals surface area (Å²) in [6, 6.07) is 7.51. The number of benzene rings is 1. The van der Waals surface area contributed by atoms with Gasteiger partial charge in [-0.25, -0.2) is 0 Å². The molecule has 0 spiro atoms. The lowest BCUT2D eigenvalue weighted by Gasteiger charge is -2.39. The van der Waals surface area contributed by atoms with Gasteiger partial charge in [0.25, 0.3) is 0 Å². The molecule has 1 atom stereocenters. The third kappa shape index (κ3) is 5.97. The molecule has 1 unspecified atom stereocenters. The second kappa shape index (κ2) is 9.90. The maximum Gasteiger partial charge on any atom is 0.317 e. The van der Waals surface area contributed by atoms with Gasteiger partial charge in [0.1, 0.15) is 0 Å². The molecule has 26 heavy (non-hydrogen) atoms. The van der Waals surface area contributed by atoms with Crippen molar-refractivity contribution in [2.75, 3.05) is 26.2 Å². The summed E-state index contributed by atoms with van der Waals surface area (Å²) in [4.78, 5) is 27.6. The van der Waals surface area contributed by atoms with Gasteiger partial charge >= 0.3 is 5.97 Å². The normalized spacial score (nSPS) is 17.2. The predicted octanol–water partition coefficient (Wildman–Crippen LogP) is 2.22. The number of carbonyl (C=O) groups excluding carboxylic acids is 1. The Bertz CT molecular complexity index is 601. The zero-order valence-corrected chi connectivity index (χ0v) is 16.2. The van der Waals surface area contributed by atoms with E-state index >= 15 is 0 Å². The van der Waals surface area contributed by atoms with Crippen molar-refractivity contribution < 1.29 is 14.7 Å². The van der Waals surface area contributed by atoms with E-state index in [1.165, 1.54) is 0 Å². The lowest BCUT2D eigenvalue weighted by atomic mass is 10.0. The molecule has 1 saturated heterocycles. The Balaban J connectivity index is 1.79. The number of carboxylic acids is 1. The topological polar surface area (TPSA) is 72.9 Å². The van der Waals surface area contributed by atoms with Gasteiger partial charge in [-0.3, -0.25) is 19.4 Å². The van der Waals surface area contributed by atoms with E-state index in [9.17, 15) is 9.59 Å². The number of nitrogens with zero attached hydrogens (tertiary/aromatic N) is 2. The van der Waals surface area contributed by atoms with Crippen LogP contribution >= 0.6 is 11.6 Å². The van der Waals surface area contributed by atoms with Gasteiger partial charge in [-0.2, -0.15) is 0 Å². The fourth-order valence-corrected chi connectivity index (χ4v) is 3.54. The van der Waals surface area contributed by atoms with Crippen molar-refractivity contribution in [2.24, 2.45) is 0 Å². The molecule has 144 valence electrons. The molecule has 2 rings (SSSR count). The minimum Gasteiger partial charge on any atom is -0.480 e. The Labute approximate surface area is 160 Å². The van der Waals surface area contributed by atoms with Crippen molar-refractivity contribution in [1.82, 2.24) is 15.1 Å². The first-order valence-electron chi connectivity index (χ1n) is 9.12. The van der Waals surface area contributed by atoms with Crippen molar-refractivity contribution in [3.8, 4) is 0 Å². The van der Waals surface area contributed by atoms with E-state index in [1.54, 1.807) is 0 Å². The molecule has 0 aromatic heterocycles. The first-order valence-corrected chi connectivity index (χ1v) is 9.50. The summed E-state index contributed by atoms with van der Waals surface area (Å²) >= 11 is 5.87. The number of aliphatic carboxylic acids is 1. The first-order chi connectivity index (χ1) is 12.4. The Morgan fingerprint density at radius 2 is 1.92 bits per heavy atom. The average molecular weight is 382 g/mol. The largest absolute Gasteiger partial charge is 0.480 e. The maximum absolute atomic E-state index is 12.4. The maximum atomic E-state index is 12.4. The molecule has 0 radical (unpaired) electrons. The average Bonchev–Trinajstić information content (AvgIpc) is 2.64. The van der Waals surface area contributed by atoms with Crippen LogP contribution in [0.4, 0.5) is 0 Å². The zero-order valence-electron chi connectivity index (χ0n) is 15.4. The van der Waals surface area contributed by atoms with E-state index < -0.39 is 5.97 Å². The van der Waals surface area contributed by atoms with E-state index in [4.69, 9.17) is 16.7 Å². The number of carbonyl (C=O) groups is 2. The van der Waals surface area contributed by atoms with Crippen LogP contribution in [0.3, 0.4) is 0 Å². The number of hydrogen-bond acceptors (Lipinski definition) is 4. The molecular formula is C19H28ClN3O3. The number of rotatable bonds is 8. The molecule has 1 aromatic carbocycles. The molecule has 0 aliphatic carbocycles.